The van der Waals surface area contributed by atoms with Crippen LogP contribution in [0.3, 0.4) is 0 Å². The fourth-order valence-corrected chi connectivity index (χ4v) is 5.89. The van der Waals surface area contributed by atoms with Crippen LogP contribution in [0.4, 0.5) is 11.5 Å². The van der Waals surface area contributed by atoms with Gasteiger partial charge >= 0.3 is 0 Å². The zero-order valence-corrected chi connectivity index (χ0v) is 19.2. The van der Waals surface area contributed by atoms with Crippen LogP contribution in [0, 0.1) is 19.8 Å². The summed E-state index contributed by atoms with van der Waals surface area (Å²) in [7, 11) is -3.29. The lowest BCUT2D eigenvalue weighted by atomic mass is 10.1. The van der Waals surface area contributed by atoms with Crippen molar-refractivity contribution in [2.45, 2.75) is 31.8 Å². The summed E-state index contributed by atoms with van der Waals surface area (Å²) >= 11 is 0. The second kappa shape index (κ2) is 7.84. The summed E-state index contributed by atoms with van der Waals surface area (Å²) in [4.78, 5) is 27.5. The van der Waals surface area contributed by atoms with Crippen molar-refractivity contribution in [3.63, 3.8) is 0 Å². The number of amides is 2. The van der Waals surface area contributed by atoms with Crippen molar-refractivity contribution in [1.82, 2.24) is 9.78 Å². The molecule has 1 atom stereocenters. The summed E-state index contributed by atoms with van der Waals surface area (Å²) in [5, 5.41) is 7.42. The average Bonchev–Trinajstić information content (AvgIpc) is 3.39. The Labute approximate surface area is 192 Å². The van der Waals surface area contributed by atoms with Gasteiger partial charge in [0.2, 0.25) is 11.8 Å². The largest absolute Gasteiger partial charge is 0.312 e. The first-order valence-electron chi connectivity index (χ1n) is 10.8. The van der Waals surface area contributed by atoms with Crippen LogP contribution >= 0.6 is 0 Å². The first-order chi connectivity index (χ1) is 15.7. The maximum atomic E-state index is 13.2. The van der Waals surface area contributed by atoms with Gasteiger partial charge < -0.3 is 10.2 Å². The van der Waals surface area contributed by atoms with E-state index in [-0.39, 0.29) is 36.3 Å². The zero-order valence-electron chi connectivity index (χ0n) is 18.4. The van der Waals surface area contributed by atoms with Crippen LogP contribution < -0.4 is 10.2 Å². The van der Waals surface area contributed by atoms with Gasteiger partial charge in [0.25, 0.3) is 0 Å². The summed E-state index contributed by atoms with van der Waals surface area (Å²) in [6, 6.07) is 15.2. The van der Waals surface area contributed by atoms with Crippen molar-refractivity contribution in [3.05, 3.63) is 70.9 Å². The normalized spacial score (nSPS) is 19.0. The fraction of sp³-hybridized carbons (Fsp3) is 0.292. The van der Waals surface area contributed by atoms with Crippen LogP contribution in [-0.4, -0.2) is 36.6 Å². The summed E-state index contributed by atoms with van der Waals surface area (Å²) < 4.78 is 26.0. The Kier molecular flexibility index (Phi) is 5.08. The number of hydrogen-bond donors (Lipinski definition) is 1. The van der Waals surface area contributed by atoms with E-state index < -0.39 is 15.8 Å². The molecule has 1 saturated heterocycles. The highest BCUT2D eigenvalue weighted by atomic mass is 32.2. The molecular formula is C24H24N4O4S. The minimum atomic E-state index is -3.29. The minimum Gasteiger partial charge on any atom is -0.312 e. The Morgan fingerprint density at radius 1 is 1.03 bits per heavy atom. The van der Waals surface area contributed by atoms with Gasteiger partial charge in [0.15, 0.2) is 9.84 Å². The van der Waals surface area contributed by atoms with E-state index in [0.717, 1.165) is 22.5 Å². The number of nitrogens with one attached hydrogen (secondary N) is 1. The lowest BCUT2D eigenvalue weighted by molar-refractivity contribution is -0.122. The fourth-order valence-electron chi connectivity index (χ4n) is 4.39. The van der Waals surface area contributed by atoms with Gasteiger partial charge in [-0.25, -0.2) is 13.1 Å². The van der Waals surface area contributed by atoms with E-state index in [2.05, 4.69) is 10.4 Å². The molecule has 9 heteroatoms. The smallest absolute Gasteiger partial charge is 0.230 e. The second-order valence-corrected chi connectivity index (χ2v) is 10.9. The van der Waals surface area contributed by atoms with Crippen LogP contribution in [0.1, 0.15) is 28.8 Å². The first kappa shape index (κ1) is 21.4. The van der Waals surface area contributed by atoms with Crippen molar-refractivity contribution in [1.29, 1.82) is 0 Å². The number of fused-ring (bicyclic) bond motifs is 1. The third-order valence-corrected chi connectivity index (χ3v) is 7.56. The summed E-state index contributed by atoms with van der Waals surface area (Å²) in [6.07, 6.45) is 0.0960. The van der Waals surface area contributed by atoms with Crippen LogP contribution in [-0.2, 0) is 30.9 Å². The van der Waals surface area contributed by atoms with Crippen molar-refractivity contribution < 1.29 is 18.0 Å². The molecule has 1 N–H and O–H groups in total. The maximum absolute atomic E-state index is 13.2. The van der Waals surface area contributed by atoms with Gasteiger partial charge in [0.1, 0.15) is 5.82 Å². The van der Waals surface area contributed by atoms with E-state index in [4.69, 9.17) is 0 Å². The quantitative estimate of drug-likeness (QED) is 0.640. The van der Waals surface area contributed by atoms with Crippen molar-refractivity contribution in [2.75, 3.05) is 16.8 Å². The lowest BCUT2D eigenvalue weighted by Crippen LogP contribution is -2.29. The number of aryl methyl sites for hydroxylation is 2. The van der Waals surface area contributed by atoms with E-state index in [1.807, 2.05) is 62.4 Å². The molecule has 2 aliphatic rings. The van der Waals surface area contributed by atoms with Gasteiger partial charge in [-0.1, -0.05) is 29.8 Å². The molecule has 2 amide bonds. The third-order valence-electron chi connectivity index (χ3n) is 6.12. The highest BCUT2D eigenvalue weighted by Gasteiger charge is 2.38. The number of hydrogen-bond acceptors (Lipinski definition) is 5. The molecule has 0 aliphatic carbocycles. The molecule has 0 spiro atoms. The molecule has 5 rings (SSSR count). The van der Waals surface area contributed by atoms with Gasteiger partial charge in [-0.05, 0) is 43.7 Å². The molecule has 0 radical (unpaired) electrons. The molecule has 2 aliphatic heterocycles. The van der Waals surface area contributed by atoms with Crippen LogP contribution in [0.15, 0.2) is 48.5 Å². The predicted octanol–water partition coefficient (Wildman–Crippen LogP) is 2.91. The van der Waals surface area contributed by atoms with Gasteiger partial charge in [0, 0.05) is 24.2 Å². The number of anilines is 2. The van der Waals surface area contributed by atoms with Gasteiger partial charge in [-0.15, -0.1) is 0 Å². The Balaban J connectivity index is 1.44. The molecule has 0 bridgehead atoms. The molecule has 3 aromatic rings. The number of benzene rings is 2. The predicted molar refractivity (Wildman–Crippen MR) is 125 cm³/mol. The monoisotopic (exact) mass is 464 g/mol. The first-order valence-corrected chi connectivity index (χ1v) is 12.6. The van der Waals surface area contributed by atoms with Crippen LogP contribution in [0.5, 0.6) is 0 Å². The summed E-state index contributed by atoms with van der Waals surface area (Å²) in [6.45, 7) is 4.20. The van der Waals surface area contributed by atoms with Crippen LogP contribution in [0.2, 0.25) is 0 Å². The van der Waals surface area contributed by atoms with Crippen LogP contribution in [0.25, 0.3) is 5.69 Å². The van der Waals surface area contributed by atoms with E-state index in [1.165, 1.54) is 0 Å². The van der Waals surface area contributed by atoms with Crippen molar-refractivity contribution in [3.8, 4) is 5.69 Å². The Morgan fingerprint density at radius 3 is 2.52 bits per heavy atom. The molecule has 0 saturated carbocycles. The Morgan fingerprint density at radius 2 is 1.79 bits per heavy atom. The SMILES string of the molecule is Cc1ccc(N2CC(C(=O)Nc3c4c(nn3-c3cccc(C)c3)CS(=O)(=O)C4)CC2=O)cc1. The molecule has 1 unspecified atom stereocenters. The molecule has 1 fully saturated rings. The number of sulfone groups is 1. The summed E-state index contributed by atoms with van der Waals surface area (Å²) in [5.74, 6) is -0.926. The van der Waals surface area contributed by atoms with Crippen molar-refractivity contribution in [2.24, 2.45) is 5.92 Å². The standard InChI is InChI=1S/C24H24N4O4S/c1-15-6-8-18(9-7-15)27-12-17(11-22(27)29)24(30)25-23-20-13-33(31,32)14-21(20)26-28(23)19-5-3-4-16(2)10-19/h3-10,17H,11-14H2,1-2H3,(H,25,30). The molecule has 3 heterocycles. The van der Waals surface area contributed by atoms with Crippen molar-refractivity contribution >= 4 is 33.2 Å². The van der Waals surface area contributed by atoms with Gasteiger partial charge in [-0.3, -0.25) is 9.59 Å². The highest BCUT2D eigenvalue weighted by molar-refractivity contribution is 7.90. The zero-order chi connectivity index (χ0) is 23.3. The van der Waals surface area contributed by atoms with E-state index in [0.29, 0.717) is 17.1 Å². The van der Waals surface area contributed by atoms with E-state index in [1.54, 1.807) is 9.58 Å². The summed E-state index contributed by atoms with van der Waals surface area (Å²) in [5.41, 5.74) is 4.58. The minimum absolute atomic E-state index is 0.0960. The molecule has 1 aromatic heterocycles. The average molecular weight is 465 g/mol. The topological polar surface area (TPSA) is 101 Å². The number of nitrogens with zero attached hydrogens (tertiary/aromatic N) is 3. The molecule has 8 nitrogen and oxygen atoms in total. The number of rotatable bonds is 4. The molecular weight excluding hydrogens is 440 g/mol. The second-order valence-electron chi connectivity index (χ2n) is 8.79. The third kappa shape index (κ3) is 4.04. The number of carbonyl (C=O) groups excluding carboxylic acids is 2. The highest BCUT2D eigenvalue weighted by Crippen LogP contribution is 2.34. The molecule has 2 aromatic carbocycles. The Hall–Kier alpha value is -3.46. The van der Waals surface area contributed by atoms with Gasteiger partial charge in [0.05, 0.1) is 28.8 Å². The lowest BCUT2D eigenvalue weighted by Gasteiger charge is -2.17. The van der Waals surface area contributed by atoms with E-state index >= 15 is 0 Å². The van der Waals surface area contributed by atoms with Gasteiger partial charge in [-0.2, -0.15) is 5.10 Å². The number of carbonyl (C=O) groups is 2. The maximum Gasteiger partial charge on any atom is 0.230 e. The molecule has 170 valence electrons. The van der Waals surface area contributed by atoms with E-state index in [9.17, 15) is 18.0 Å². The molecule has 33 heavy (non-hydrogen) atoms. The Bertz CT molecular complexity index is 1380. The number of aromatic nitrogens is 2.